The van der Waals surface area contributed by atoms with E-state index in [1.807, 2.05) is 0 Å². The number of carbonyl (C=O) groups excluding carboxylic acids is 2. The number of rotatable bonds is 5. The number of carboxylic acids is 1. The molecule has 0 aliphatic carbocycles. The third-order valence-electron chi connectivity index (χ3n) is 3.50. The highest BCUT2D eigenvalue weighted by Gasteiger charge is 2.38. The number of benzene rings is 1. The molecule has 1 heterocycles. The highest BCUT2D eigenvalue weighted by molar-refractivity contribution is 5.96. The smallest absolute Gasteiger partial charge is 0.475 e. The zero-order chi connectivity index (χ0) is 22.4. The number of primary amides is 1. The number of amides is 2. The van der Waals surface area contributed by atoms with Crippen molar-refractivity contribution < 1.29 is 37.1 Å². The van der Waals surface area contributed by atoms with E-state index in [0.717, 1.165) is 10.9 Å². The third-order valence-corrected chi connectivity index (χ3v) is 3.50. The number of carboxylic acid groups (broad SMARTS) is 1. The standard InChI is InChI=1S/C15H17N3O4.C2HF3O2/c1-8-6-14(20)22-12-7-9(2-3-10(8)12)18-15(21)11(16)4-5-13(17)19;3-2(4,5)1(6)7/h2-3,6-7,11H,4-5,16H2,1H3,(H2,17,19)(H,18,21);(H,6,7)/t11-;/m0./s1. The molecule has 2 amide bonds. The minimum absolute atomic E-state index is 0.0420. The van der Waals surface area contributed by atoms with Gasteiger partial charge in [-0.05, 0) is 31.0 Å². The van der Waals surface area contributed by atoms with E-state index in [1.54, 1.807) is 25.1 Å². The first-order valence-electron chi connectivity index (χ1n) is 8.00. The van der Waals surface area contributed by atoms with E-state index in [2.05, 4.69) is 5.32 Å². The molecule has 0 unspecified atom stereocenters. The van der Waals surface area contributed by atoms with Gasteiger partial charge in [0.1, 0.15) is 5.58 Å². The number of alkyl halides is 3. The van der Waals surface area contributed by atoms with Crippen LogP contribution in [0.1, 0.15) is 18.4 Å². The molecule has 2 aromatic rings. The van der Waals surface area contributed by atoms with Crippen molar-refractivity contribution in [1.29, 1.82) is 0 Å². The quantitative estimate of drug-likeness (QED) is 0.532. The van der Waals surface area contributed by atoms with Crippen LogP contribution in [0.15, 0.2) is 33.5 Å². The SMILES string of the molecule is Cc1cc(=O)oc2cc(NC(=O)[C@@H](N)CCC(N)=O)ccc12.O=C(O)C(F)(F)F. The van der Waals surface area contributed by atoms with Crippen LogP contribution in [0, 0.1) is 6.92 Å². The number of hydrogen-bond donors (Lipinski definition) is 4. The summed E-state index contributed by atoms with van der Waals surface area (Å²) in [5, 5.41) is 10.5. The van der Waals surface area contributed by atoms with Gasteiger partial charge >= 0.3 is 17.8 Å². The molecule has 29 heavy (non-hydrogen) atoms. The summed E-state index contributed by atoms with van der Waals surface area (Å²) in [7, 11) is 0. The Morgan fingerprint density at radius 3 is 2.34 bits per heavy atom. The summed E-state index contributed by atoms with van der Waals surface area (Å²) in [6.07, 6.45) is -4.87. The van der Waals surface area contributed by atoms with Crippen LogP contribution in [-0.2, 0) is 14.4 Å². The van der Waals surface area contributed by atoms with Crippen molar-refractivity contribution in [3.8, 4) is 0 Å². The fourth-order valence-corrected chi connectivity index (χ4v) is 2.07. The predicted octanol–water partition coefficient (Wildman–Crippen LogP) is 1.27. The molecule has 0 bridgehead atoms. The minimum Gasteiger partial charge on any atom is -0.475 e. The molecule has 1 aromatic carbocycles. The zero-order valence-corrected chi connectivity index (χ0v) is 15.1. The number of carbonyl (C=O) groups is 3. The second kappa shape index (κ2) is 9.68. The monoisotopic (exact) mass is 417 g/mol. The van der Waals surface area contributed by atoms with Gasteiger partial charge in [-0.3, -0.25) is 9.59 Å². The number of halogens is 3. The number of nitrogens with one attached hydrogen (secondary N) is 1. The molecule has 0 aliphatic rings. The van der Waals surface area contributed by atoms with Gasteiger partial charge in [-0.2, -0.15) is 13.2 Å². The lowest BCUT2D eigenvalue weighted by atomic mass is 10.1. The Morgan fingerprint density at radius 2 is 1.83 bits per heavy atom. The van der Waals surface area contributed by atoms with Gasteiger partial charge in [0.15, 0.2) is 0 Å². The third kappa shape index (κ3) is 7.62. The molecule has 0 fully saturated rings. The van der Waals surface area contributed by atoms with Gasteiger partial charge in [0, 0.05) is 29.6 Å². The molecule has 9 nitrogen and oxygen atoms in total. The molecule has 158 valence electrons. The first-order valence-corrected chi connectivity index (χ1v) is 8.00. The van der Waals surface area contributed by atoms with Gasteiger partial charge in [-0.15, -0.1) is 0 Å². The number of aliphatic carboxylic acids is 1. The maximum absolute atomic E-state index is 11.9. The lowest BCUT2D eigenvalue weighted by Gasteiger charge is -2.12. The van der Waals surface area contributed by atoms with Crippen molar-refractivity contribution >= 4 is 34.4 Å². The van der Waals surface area contributed by atoms with Gasteiger partial charge in [0.05, 0.1) is 6.04 Å². The fourth-order valence-electron chi connectivity index (χ4n) is 2.07. The predicted molar refractivity (Wildman–Crippen MR) is 95.9 cm³/mol. The average molecular weight is 417 g/mol. The largest absolute Gasteiger partial charge is 0.490 e. The average Bonchev–Trinajstić information content (AvgIpc) is 2.58. The highest BCUT2D eigenvalue weighted by Crippen LogP contribution is 2.21. The Bertz CT molecular complexity index is 971. The number of nitrogens with two attached hydrogens (primary N) is 2. The Morgan fingerprint density at radius 1 is 1.24 bits per heavy atom. The summed E-state index contributed by atoms with van der Waals surface area (Å²) >= 11 is 0. The molecule has 0 saturated heterocycles. The van der Waals surface area contributed by atoms with E-state index < -0.39 is 35.6 Å². The highest BCUT2D eigenvalue weighted by atomic mass is 19.4. The molecular formula is C17H18F3N3O6. The number of fused-ring (bicyclic) bond motifs is 1. The fraction of sp³-hybridized carbons (Fsp3) is 0.294. The summed E-state index contributed by atoms with van der Waals surface area (Å²) < 4.78 is 36.8. The van der Waals surface area contributed by atoms with Gasteiger partial charge in [-0.25, -0.2) is 9.59 Å². The van der Waals surface area contributed by atoms with E-state index in [9.17, 15) is 27.6 Å². The first-order chi connectivity index (χ1) is 13.3. The Balaban J connectivity index is 0.000000516. The number of aryl methyl sites for hydroxylation is 1. The second-order valence-electron chi connectivity index (χ2n) is 5.86. The van der Waals surface area contributed by atoms with Gasteiger partial charge in [-0.1, -0.05) is 0 Å². The summed E-state index contributed by atoms with van der Waals surface area (Å²) in [6, 6.07) is 5.56. The number of hydrogen-bond acceptors (Lipinski definition) is 6. The molecule has 0 spiro atoms. The summed E-state index contributed by atoms with van der Waals surface area (Å²) in [5.41, 5.74) is 11.9. The molecule has 12 heteroatoms. The number of anilines is 1. The van der Waals surface area contributed by atoms with Crippen molar-refractivity contribution in [1.82, 2.24) is 0 Å². The van der Waals surface area contributed by atoms with E-state index in [1.165, 1.54) is 6.07 Å². The molecule has 6 N–H and O–H groups in total. The normalized spacial score (nSPS) is 11.9. The van der Waals surface area contributed by atoms with Crippen LogP contribution in [0.25, 0.3) is 11.0 Å². The first kappa shape index (κ1) is 23.6. The van der Waals surface area contributed by atoms with Gasteiger partial charge in [0.2, 0.25) is 11.8 Å². The van der Waals surface area contributed by atoms with Gasteiger partial charge < -0.3 is 26.3 Å². The van der Waals surface area contributed by atoms with Crippen molar-refractivity contribution in [3.05, 3.63) is 40.2 Å². The lowest BCUT2D eigenvalue weighted by molar-refractivity contribution is -0.192. The van der Waals surface area contributed by atoms with Crippen molar-refractivity contribution in [2.45, 2.75) is 32.0 Å². The van der Waals surface area contributed by atoms with Crippen LogP contribution in [-0.4, -0.2) is 35.1 Å². The molecular weight excluding hydrogens is 399 g/mol. The maximum atomic E-state index is 11.9. The van der Waals surface area contributed by atoms with Gasteiger partial charge in [0.25, 0.3) is 0 Å². The van der Waals surface area contributed by atoms with Crippen LogP contribution in [0.4, 0.5) is 18.9 Å². The van der Waals surface area contributed by atoms with Crippen molar-refractivity contribution in [3.63, 3.8) is 0 Å². The van der Waals surface area contributed by atoms with E-state index in [0.29, 0.717) is 11.3 Å². The molecule has 1 aromatic heterocycles. The van der Waals surface area contributed by atoms with Crippen LogP contribution in [0.5, 0.6) is 0 Å². The summed E-state index contributed by atoms with van der Waals surface area (Å²) in [5.74, 6) is -3.70. The van der Waals surface area contributed by atoms with E-state index in [-0.39, 0.29) is 12.8 Å². The van der Waals surface area contributed by atoms with Crippen LogP contribution in [0.2, 0.25) is 0 Å². The molecule has 2 rings (SSSR count). The van der Waals surface area contributed by atoms with Crippen molar-refractivity contribution in [2.24, 2.45) is 11.5 Å². The Kier molecular flexibility index (Phi) is 7.89. The van der Waals surface area contributed by atoms with E-state index >= 15 is 0 Å². The minimum atomic E-state index is -5.08. The molecule has 0 saturated carbocycles. The Hall–Kier alpha value is -3.41. The van der Waals surface area contributed by atoms with Crippen molar-refractivity contribution in [2.75, 3.05) is 5.32 Å². The van der Waals surface area contributed by atoms with E-state index in [4.69, 9.17) is 25.8 Å². The zero-order valence-electron chi connectivity index (χ0n) is 15.1. The summed E-state index contributed by atoms with van der Waals surface area (Å²) in [6.45, 7) is 1.80. The Labute approximate surface area is 161 Å². The van der Waals surface area contributed by atoms with Crippen LogP contribution < -0.4 is 22.4 Å². The van der Waals surface area contributed by atoms with Crippen LogP contribution >= 0.6 is 0 Å². The van der Waals surface area contributed by atoms with Crippen LogP contribution in [0.3, 0.4) is 0 Å². The lowest BCUT2D eigenvalue weighted by Crippen LogP contribution is -2.36. The summed E-state index contributed by atoms with van der Waals surface area (Å²) in [4.78, 5) is 42.9. The molecule has 0 aliphatic heterocycles. The topological polar surface area (TPSA) is 166 Å². The molecule has 1 atom stereocenters. The second-order valence-corrected chi connectivity index (χ2v) is 5.86. The maximum Gasteiger partial charge on any atom is 0.490 e. The molecule has 0 radical (unpaired) electrons.